The summed E-state index contributed by atoms with van der Waals surface area (Å²) in [5.41, 5.74) is 0.838. The first kappa shape index (κ1) is 24.4. The number of benzene rings is 2. The third-order valence-corrected chi connectivity index (χ3v) is 7.99. The molecule has 182 valence electrons. The molecule has 4 rings (SSSR count). The number of sulfonamides is 1. The fourth-order valence-corrected chi connectivity index (χ4v) is 5.40. The molecule has 0 atom stereocenters. The number of nitrogens with zero attached hydrogens (tertiary/aromatic N) is 1. The van der Waals surface area contributed by atoms with Crippen molar-refractivity contribution in [3.8, 4) is 11.3 Å². The second kappa shape index (κ2) is 9.89. The predicted octanol–water partition coefficient (Wildman–Crippen LogP) is 4.04. The predicted molar refractivity (Wildman–Crippen MR) is 133 cm³/mol. The van der Waals surface area contributed by atoms with E-state index in [-0.39, 0.29) is 29.7 Å². The smallest absolute Gasteiger partial charge is 0.291 e. The standard InChI is InChI=1S/C26H27N3O5S/c1-3-24(30)28-26(2)15-17-29(18-16-26)35(32,33)21-11-9-20(10-12-21)27-25(31)23-14-13-22(34-23)19-7-5-4-6-8-19/h3-14H,1,15-18H2,2H3,(H,27,31)(H,28,30). The van der Waals surface area contributed by atoms with Gasteiger partial charge in [-0.15, -0.1) is 0 Å². The average molecular weight is 494 g/mol. The van der Waals surface area contributed by atoms with Crippen LogP contribution in [-0.2, 0) is 14.8 Å². The van der Waals surface area contributed by atoms with Crippen LogP contribution < -0.4 is 10.6 Å². The molecule has 1 fully saturated rings. The fourth-order valence-electron chi connectivity index (χ4n) is 3.96. The summed E-state index contributed by atoms with van der Waals surface area (Å²) in [5.74, 6) is 0.0336. The molecular formula is C26H27N3O5S. The number of amides is 2. The van der Waals surface area contributed by atoms with Crippen molar-refractivity contribution in [1.29, 1.82) is 0 Å². The Hall–Kier alpha value is -3.69. The summed E-state index contributed by atoms with van der Waals surface area (Å²) in [5, 5.41) is 5.61. The zero-order chi connectivity index (χ0) is 25.1. The van der Waals surface area contributed by atoms with Crippen LogP contribution in [-0.4, -0.2) is 43.2 Å². The first-order chi connectivity index (χ1) is 16.7. The number of piperidine rings is 1. The van der Waals surface area contributed by atoms with E-state index >= 15 is 0 Å². The Labute approximate surface area is 204 Å². The Kier molecular flexibility index (Phi) is 6.90. The summed E-state index contributed by atoms with van der Waals surface area (Å²) in [4.78, 5) is 24.4. The number of nitrogens with one attached hydrogen (secondary N) is 2. The van der Waals surface area contributed by atoms with E-state index in [0.29, 0.717) is 24.3 Å². The van der Waals surface area contributed by atoms with E-state index in [0.717, 1.165) is 5.56 Å². The molecule has 1 saturated heterocycles. The lowest BCUT2D eigenvalue weighted by Gasteiger charge is -2.39. The molecule has 1 aliphatic heterocycles. The topological polar surface area (TPSA) is 109 Å². The lowest BCUT2D eigenvalue weighted by atomic mass is 9.90. The van der Waals surface area contributed by atoms with Gasteiger partial charge >= 0.3 is 0 Å². The Morgan fingerprint density at radius 1 is 1.00 bits per heavy atom. The minimum atomic E-state index is -3.70. The Morgan fingerprint density at radius 3 is 2.29 bits per heavy atom. The van der Waals surface area contributed by atoms with Crippen LogP contribution in [0.4, 0.5) is 5.69 Å². The van der Waals surface area contributed by atoms with Crippen LogP contribution in [0, 0.1) is 0 Å². The second-order valence-corrected chi connectivity index (χ2v) is 10.6. The first-order valence-corrected chi connectivity index (χ1v) is 12.7. The van der Waals surface area contributed by atoms with Gasteiger partial charge in [0.05, 0.1) is 4.90 Å². The average Bonchev–Trinajstić information content (AvgIpc) is 3.36. The highest BCUT2D eigenvalue weighted by Crippen LogP contribution is 2.27. The first-order valence-electron chi connectivity index (χ1n) is 11.2. The van der Waals surface area contributed by atoms with Crippen molar-refractivity contribution in [3.63, 3.8) is 0 Å². The van der Waals surface area contributed by atoms with Crippen LogP contribution in [0.25, 0.3) is 11.3 Å². The van der Waals surface area contributed by atoms with E-state index in [1.54, 1.807) is 24.3 Å². The quantitative estimate of drug-likeness (QED) is 0.483. The molecule has 0 spiro atoms. The van der Waals surface area contributed by atoms with Gasteiger partial charge in [-0.2, -0.15) is 4.31 Å². The monoisotopic (exact) mass is 493 g/mol. The van der Waals surface area contributed by atoms with E-state index < -0.39 is 21.5 Å². The molecule has 1 aromatic heterocycles. The molecule has 9 heteroatoms. The second-order valence-electron chi connectivity index (χ2n) is 8.67. The van der Waals surface area contributed by atoms with Gasteiger partial charge < -0.3 is 15.1 Å². The van der Waals surface area contributed by atoms with E-state index in [2.05, 4.69) is 17.2 Å². The van der Waals surface area contributed by atoms with Crippen LogP contribution >= 0.6 is 0 Å². The van der Waals surface area contributed by atoms with Crippen LogP contribution in [0.1, 0.15) is 30.3 Å². The van der Waals surface area contributed by atoms with E-state index in [4.69, 9.17) is 4.42 Å². The van der Waals surface area contributed by atoms with Crippen molar-refractivity contribution in [2.75, 3.05) is 18.4 Å². The molecule has 2 amide bonds. The van der Waals surface area contributed by atoms with Crippen LogP contribution in [0.5, 0.6) is 0 Å². The number of anilines is 1. The number of hydrogen-bond donors (Lipinski definition) is 2. The van der Waals surface area contributed by atoms with Crippen molar-refractivity contribution >= 4 is 27.5 Å². The zero-order valence-electron chi connectivity index (χ0n) is 19.4. The maximum atomic E-state index is 13.1. The van der Waals surface area contributed by atoms with Gasteiger partial charge in [-0.3, -0.25) is 9.59 Å². The van der Waals surface area contributed by atoms with Crippen molar-refractivity contribution in [2.45, 2.75) is 30.2 Å². The fraction of sp³-hybridized carbons (Fsp3) is 0.231. The summed E-state index contributed by atoms with van der Waals surface area (Å²) in [6, 6.07) is 18.8. The van der Waals surface area contributed by atoms with Crippen molar-refractivity contribution in [2.24, 2.45) is 0 Å². The van der Waals surface area contributed by atoms with E-state index in [9.17, 15) is 18.0 Å². The third-order valence-electron chi connectivity index (χ3n) is 6.07. The Morgan fingerprint density at radius 2 is 1.66 bits per heavy atom. The van der Waals surface area contributed by atoms with E-state index in [1.807, 2.05) is 37.3 Å². The van der Waals surface area contributed by atoms with Gasteiger partial charge in [-0.25, -0.2) is 8.42 Å². The van der Waals surface area contributed by atoms with Crippen LogP contribution in [0.3, 0.4) is 0 Å². The highest BCUT2D eigenvalue weighted by Gasteiger charge is 2.36. The van der Waals surface area contributed by atoms with E-state index in [1.165, 1.54) is 22.5 Å². The number of hydrogen-bond acceptors (Lipinski definition) is 5. The largest absolute Gasteiger partial charge is 0.451 e. The van der Waals surface area contributed by atoms with Crippen LogP contribution in [0.2, 0.25) is 0 Å². The van der Waals surface area contributed by atoms with Crippen molar-refractivity contribution in [1.82, 2.24) is 9.62 Å². The minimum Gasteiger partial charge on any atom is -0.451 e. The van der Waals surface area contributed by atoms with Crippen molar-refractivity contribution in [3.05, 3.63) is 85.1 Å². The maximum absolute atomic E-state index is 13.1. The SMILES string of the molecule is C=CC(=O)NC1(C)CCN(S(=O)(=O)c2ccc(NC(=O)c3ccc(-c4ccccc4)o3)cc2)CC1. The minimum absolute atomic E-state index is 0.138. The number of carbonyl (C=O) groups is 2. The number of furan rings is 1. The normalized spacial score (nSPS) is 15.8. The van der Waals surface area contributed by atoms with Gasteiger partial charge in [0.25, 0.3) is 5.91 Å². The highest BCUT2D eigenvalue weighted by atomic mass is 32.2. The Bertz CT molecular complexity index is 1320. The van der Waals surface area contributed by atoms with Gasteiger partial charge in [0.1, 0.15) is 5.76 Å². The number of rotatable bonds is 7. The lowest BCUT2D eigenvalue weighted by molar-refractivity contribution is -0.118. The maximum Gasteiger partial charge on any atom is 0.291 e. The molecule has 35 heavy (non-hydrogen) atoms. The molecule has 0 radical (unpaired) electrons. The molecule has 2 heterocycles. The zero-order valence-corrected chi connectivity index (χ0v) is 20.2. The molecule has 3 aromatic rings. The number of carbonyl (C=O) groups excluding carboxylic acids is 2. The molecule has 0 unspecified atom stereocenters. The molecular weight excluding hydrogens is 466 g/mol. The summed E-state index contributed by atoms with van der Waals surface area (Å²) in [6.45, 7) is 5.93. The molecule has 8 nitrogen and oxygen atoms in total. The molecule has 2 aromatic carbocycles. The summed E-state index contributed by atoms with van der Waals surface area (Å²) < 4.78 is 33.3. The van der Waals surface area contributed by atoms with Gasteiger partial charge in [0.15, 0.2) is 5.76 Å². The third kappa shape index (κ3) is 5.52. The van der Waals surface area contributed by atoms with Gasteiger partial charge in [-0.1, -0.05) is 36.9 Å². The van der Waals surface area contributed by atoms with Gasteiger partial charge in [0, 0.05) is 29.9 Å². The molecule has 0 aliphatic carbocycles. The van der Waals surface area contributed by atoms with Gasteiger partial charge in [-0.05, 0) is 62.2 Å². The molecule has 0 saturated carbocycles. The molecule has 0 bridgehead atoms. The summed E-state index contributed by atoms with van der Waals surface area (Å²) >= 11 is 0. The lowest BCUT2D eigenvalue weighted by Crippen LogP contribution is -2.53. The molecule has 1 aliphatic rings. The van der Waals surface area contributed by atoms with Crippen LogP contribution in [0.15, 0.2) is 88.7 Å². The molecule has 2 N–H and O–H groups in total. The highest BCUT2D eigenvalue weighted by molar-refractivity contribution is 7.89. The van der Waals surface area contributed by atoms with Crippen molar-refractivity contribution < 1.29 is 22.4 Å². The Balaban J connectivity index is 1.39. The summed E-state index contributed by atoms with van der Waals surface area (Å²) in [6.07, 6.45) is 2.20. The summed E-state index contributed by atoms with van der Waals surface area (Å²) in [7, 11) is -3.70. The van der Waals surface area contributed by atoms with Gasteiger partial charge in [0.2, 0.25) is 15.9 Å².